The van der Waals surface area contributed by atoms with Gasteiger partial charge in [0.05, 0.1) is 4.88 Å². The monoisotopic (exact) mass is 255 g/mol. The summed E-state index contributed by atoms with van der Waals surface area (Å²) >= 11 is 1.35. The van der Waals surface area contributed by atoms with Gasteiger partial charge in [-0.25, -0.2) is 4.79 Å². The fourth-order valence-corrected chi connectivity index (χ4v) is 2.48. The second-order valence-electron chi connectivity index (χ2n) is 3.78. The average Bonchev–Trinajstić information content (AvgIpc) is 2.76. The van der Waals surface area contributed by atoms with Crippen molar-refractivity contribution >= 4 is 23.2 Å². The highest BCUT2D eigenvalue weighted by Crippen LogP contribution is 2.17. The zero-order valence-corrected chi connectivity index (χ0v) is 10.8. The lowest BCUT2D eigenvalue weighted by molar-refractivity contribution is -0.139. The van der Waals surface area contributed by atoms with E-state index in [9.17, 15) is 9.59 Å². The van der Waals surface area contributed by atoms with Crippen molar-refractivity contribution in [2.24, 2.45) is 0 Å². The summed E-state index contributed by atoms with van der Waals surface area (Å²) in [6.07, 6.45) is 1.95. The van der Waals surface area contributed by atoms with E-state index in [2.05, 4.69) is 5.32 Å². The number of hydrogen-bond acceptors (Lipinski definition) is 3. The first kappa shape index (κ1) is 13.7. The molecular formula is C12H17NO3S. The number of nitrogens with one attached hydrogen (secondary N) is 1. The van der Waals surface area contributed by atoms with Crippen LogP contribution >= 0.6 is 11.3 Å². The Balaban J connectivity index is 2.73. The van der Waals surface area contributed by atoms with Crippen LogP contribution in [0.5, 0.6) is 0 Å². The minimum atomic E-state index is -0.977. The Morgan fingerprint density at radius 2 is 2.18 bits per heavy atom. The summed E-state index contributed by atoms with van der Waals surface area (Å²) in [7, 11) is 0. The summed E-state index contributed by atoms with van der Waals surface area (Å²) in [6, 6.07) is 1.11. The van der Waals surface area contributed by atoms with Gasteiger partial charge in [0.1, 0.15) is 6.04 Å². The molecule has 1 aromatic rings. The van der Waals surface area contributed by atoms with E-state index in [0.29, 0.717) is 11.3 Å². The van der Waals surface area contributed by atoms with Gasteiger partial charge >= 0.3 is 5.97 Å². The number of hydrogen-bond donors (Lipinski definition) is 2. The summed E-state index contributed by atoms with van der Waals surface area (Å²) in [5.74, 6) is -1.26. The molecule has 0 bridgehead atoms. The van der Waals surface area contributed by atoms with Gasteiger partial charge in [-0.3, -0.25) is 4.79 Å². The maximum Gasteiger partial charge on any atom is 0.326 e. The van der Waals surface area contributed by atoms with Gasteiger partial charge in [-0.05, 0) is 29.9 Å². The van der Waals surface area contributed by atoms with Crippen molar-refractivity contribution in [3.8, 4) is 0 Å². The number of carboxylic acid groups (broad SMARTS) is 1. The highest BCUT2D eigenvalue weighted by Gasteiger charge is 2.21. The van der Waals surface area contributed by atoms with Crippen LogP contribution in [0.15, 0.2) is 11.4 Å². The summed E-state index contributed by atoms with van der Waals surface area (Å²) in [5.41, 5.74) is 0.966. The SMILES string of the molecule is CCC[C@@H](NC(=O)c1sccc1CC)C(=O)O. The topological polar surface area (TPSA) is 66.4 Å². The van der Waals surface area contributed by atoms with Crippen LogP contribution in [0.4, 0.5) is 0 Å². The van der Waals surface area contributed by atoms with Crippen LogP contribution in [0.2, 0.25) is 0 Å². The number of carbonyl (C=O) groups is 2. The summed E-state index contributed by atoms with van der Waals surface area (Å²) < 4.78 is 0. The molecule has 0 aliphatic rings. The first-order valence-corrected chi connectivity index (χ1v) is 6.58. The lowest BCUT2D eigenvalue weighted by atomic mass is 10.1. The van der Waals surface area contributed by atoms with E-state index in [4.69, 9.17) is 5.11 Å². The minimum absolute atomic E-state index is 0.280. The molecule has 0 saturated carbocycles. The van der Waals surface area contributed by atoms with Crippen LogP contribution in [0, 0.1) is 0 Å². The number of aryl methyl sites for hydroxylation is 1. The van der Waals surface area contributed by atoms with Crippen molar-refractivity contribution in [3.05, 3.63) is 21.9 Å². The zero-order chi connectivity index (χ0) is 12.8. The molecule has 0 saturated heterocycles. The fourth-order valence-electron chi connectivity index (χ4n) is 1.58. The van der Waals surface area contributed by atoms with Gasteiger partial charge in [0, 0.05) is 0 Å². The Hall–Kier alpha value is -1.36. The molecular weight excluding hydrogens is 238 g/mol. The molecule has 2 N–H and O–H groups in total. The van der Waals surface area contributed by atoms with E-state index in [1.165, 1.54) is 11.3 Å². The smallest absolute Gasteiger partial charge is 0.326 e. The third-order valence-corrected chi connectivity index (χ3v) is 3.47. The largest absolute Gasteiger partial charge is 0.480 e. The lowest BCUT2D eigenvalue weighted by Crippen LogP contribution is -2.40. The number of rotatable bonds is 6. The Morgan fingerprint density at radius 3 is 2.71 bits per heavy atom. The maximum atomic E-state index is 11.9. The molecule has 1 aromatic heterocycles. The molecule has 4 nitrogen and oxygen atoms in total. The first-order valence-electron chi connectivity index (χ1n) is 5.70. The lowest BCUT2D eigenvalue weighted by Gasteiger charge is -2.13. The second-order valence-corrected chi connectivity index (χ2v) is 4.70. The Labute approximate surface area is 105 Å². The highest BCUT2D eigenvalue weighted by atomic mass is 32.1. The molecule has 5 heteroatoms. The molecule has 1 amide bonds. The van der Waals surface area contributed by atoms with Crippen molar-refractivity contribution in [2.75, 3.05) is 0 Å². The molecule has 94 valence electrons. The third kappa shape index (κ3) is 3.56. The first-order chi connectivity index (χ1) is 8.10. The maximum absolute atomic E-state index is 11.9. The number of thiophene rings is 1. The molecule has 1 atom stereocenters. The molecule has 17 heavy (non-hydrogen) atoms. The average molecular weight is 255 g/mol. The molecule has 1 rings (SSSR count). The predicted molar refractivity (Wildman–Crippen MR) is 67.5 cm³/mol. The molecule has 0 aliphatic carbocycles. The molecule has 1 heterocycles. The van der Waals surface area contributed by atoms with Gasteiger partial charge in [-0.2, -0.15) is 0 Å². The summed E-state index contributed by atoms with van der Waals surface area (Å²) in [5, 5.41) is 13.4. The van der Waals surface area contributed by atoms with Crippen molar-refractivity contribution in [1.29, 1.82) is 0 Å². The van der Waals surface area contributed by atoms with Crippen molar-refractivity contribution in [2.45, 2.75) is 39.2 Å². The fraction of sp³-hybridized carbons (Fsp3) is 0.500. The van der Waals surface area contributed by atoms with E-state index >= 15 is 0 Å². The van der Waals surface area contributed by atoms with Crippen LogP contribution in [0.1, 0.15) is 41.9 Å². The molecule has 0 spiro atoms. The second kappa shape index (κ2) is 6.39. The number of carbonyl (C=O) groups excluding carboxylic acids is 1. The van der Waals surface area contributed by atoms with Crippen molar-refractivity contribution in [3.63, 3.8) is 0 Å². The quantitative estimate of drug-likeness (QED) is 0.819. The Kier molecular flexibility index (Phi) is 5.15. The minimum Gasteiger partial charge on any atom is -0.480 e. The highest BCUT2D eigenvalue weighted by molar-refractivity contribution is 7.12. The van der Waals surface area contributed by atoms with E-state index in [-0.39, 0.29) is 5.91 Å². The summed E-state index contributed by atoms with van der Waals surface area (Å²) in [6.45, 7) is 3.87. The number of amides is 1. The van der Waals surface area contributed by atoms with Crippen LogP contribution in [0.3, 0.4) is 0 Å². The zero-order valence-electron chi connectivity index (χ0n) is 10.0. The molecule has 0 unspecified atom stereocenters. The normalized spacial score (nSPS) is 12.1. The van der Waals surface area contributed by atoms with E-state index in [1.807, 2.05) is 25.3 Å². The summed E-state index contributed by atoms with van der Waals surface area (Å²) in [4.78, 5) is 23.5. The van der Waals surface area contributed by atoms with Gasteiger partial charge in [0.2, 0.25) is 0 Å². The van der Waals surface area contributed by atoms with Gasteiger partial charge in [-0.1, -0.05) is 20.3 Å². The van der Waals surface area contributed by atoms with Crippen LogP contribution < -0.4 is 5.32 Å². The van der Waals surface area contributed by atoms with Gasteiger partial charge in [0.15, 0.2) is 0 Å². The number of aliphatic carboxylic acids is 1. The van der Waals surface area contributed by atoms with Gasteiger partial charge in [0.25, 0.3) is 5.91 Å². The van der Waals surface area contributed by atoms with Crippen LogP contribution in [-0.2, 0) is 11.2 Å². The van der Waals surface area contributed by atoms with E-state index in [0.717, 1.165) is 18.4 Å². The standard InChI is InChI=1S/C12H17NO3S/c1-3-5-9(12(15)16)13-11(14)10-8(4-2)6-7-17-10/h6-7,9H,3-5H2,1-2H3,(H,13,14)(H,15,16)/t9-/m1/s1. The van der Waals surface area contributed by atoms with Gasteiger partial charge in [-0.15, -0.1) is 11.3 Å². The molecule has 0 radical (unpaired) electrons. The van der Waals surface area contributed by atoms with Crippen molar-refractivity contribution in [1.82, 2.24) is 5.32 Å². The predicted octanol–water partition coefficient (Wildman–Crippen LogP) is 2.29. The third-order valence-electron chi connectivity index (χ3n) is 2.51. The molecule has 0 fully saturated rings. The van der Waals surface area contributed by atoms with E-state index in [1.54, 1.807) is 0 Å². The van der Waals surface area contributed by atoms with Gasteiger partial charge < -0.3 is 10.4 Å². The van der Waals surface area contributed by atoms with Crippen LogP contribution in [-0.4, -0.2) is 23.0 Å². The Bertz CT molecular complexity index is 400. The van der Waals surface area contributed by atoms with Crippen molar-refractivity contribution < 1.29 is 14.7 Å². The number of carboxylic acids is 1. The molecule has 0 aliphatic heterocycles. The van der Waals surface area contributed by atoms with Crippen LogP contribution in [0.25, 0.3) is 0 Å². The Morgan fingerprint density at radius 1 is 1.47 bits per heavy atom. The molecule has 0 aromatic carbocycles. The van der Waals surface area contributed by atoms with E-state index < -0.39 is 12.0 Å².